The molecule has 0 radical (unpaired) electrons. The number of phosphoric acid groups is 1. The summed E-state index contributed by atoms with van der Waals surface area (Å²) in [5.74, 6) is -2.43. The SMILES string of the molecule is CCCCC/C=C\C/C=C\C/C=C\C/C=C\CCCC(=O)OCC(O)COP(=O)(O)OCC(NC(=O)CCCCCCCCCCCCCCC/C=C/CCCCCCCC)C(=O)O. The number of amides is 1. The van der Waals surface area contributed by atoms with Crippen molar-refractivity contribution >= 4 is 25.7 Å². The first-order valence-corrected chi connectivity index (χ1v) is 26.8. The molecule has 0 saturated heterocycles. The van der Waals surface area contributed by atoms with E-state index in [1.165, 1.54) is 128 Å². The van der Waals surface area contributed by atoms with E-state index in [2.05, 4.69) is 67.8 Å². The monoisotopic (exact) mass is 922 g/mol. The summed E-state index contributed by atoms with van der Waals surface area (Å²) in [5, 5.41) is 21.9. The summed E-state index contributed by atoms with van der Waals surface area (Å²) in [6.07, 6.45) is 55.4. The Morgan fingerprint density at radius 3 is 1.36 bits per heavy atom. The number of carboxylic acid groups (broad SMARTS) is 1. The van der Waals surface area contributed by atoms with Crippen LogP contribution in [-0.4, -0.2) is 64.9 Å². The predicted molar refractivity (Wildman–Crippen MR) is 263 cm³/mol. The molecule has 0 spiro atoms. The van der Waals surface area contributed by atoms with Crippen LogP contribution in [0.5, 0.6) is 0 Å². The number of carbonyl (C=O) groups excluding carboxylic acids is 2. The van der Waals surface area contributed by atoms with Gasteiger partial charge in [-0.3, -0.25) is 18.6 Å². The van der Waals surface area contributed by atoms with E-state index in [-0.39, 0.29) is 12.8 Å². The molecule has 0 aromatic rings. The maximum absolute atomic E-state index is 12.4. The highest BCUT2D eigenvalue weighted by Crippen LogP contribution is 2.43. The second-order valence-electron chi connectivity index (χ2n) is 17.0. The number of hydrogen-bond donors (Lipinski definition) is 4. The van der Waals surface area contributed by atoms with Gasteiger partial charge in [0.15, 0.2) is 6.04 Å². The molecule has 0 aliphatic heterocycles. The minimum atomic E-state index is -4.77. The molecule has 0 aliphatic carbocycles. The summed E-state index contributed by atoms with van der Waals surface area (Å²) in [6, 6.07) is -1.56. The van der Waals surface area contributed by atoms with Crippen LogP contribution in [0.1, 0.15) is 219 Å². The number of aliphatic hydroxyl groups excluding tert-OH is 1. The predicted octanol–water partition coefficient (Wildman–Crippen LogP) is 13.9. The Hall–Kier alpha value is -2.82. The van der Waals surface area contributed by atoms with Gasteiger partial charge in [-0.05, 0) is 77.0 Å². The van der Waals surface area contributed by atoms with E-state index in [1.807, 2.05) is 12.2 Å². The number of phosphoric ester groups is 1. The van der Waals surface area contributed by atoms with Gasteiger partial charge in [-0.15, -0.1) is 0 Å². The molecular weight excluding hydrogens is 830 g/mol. The zero-order chi connectivity index (χ0) is 47.0. The van der Waals surface area contributed by atoms with Crippen molar-refractivity contribution in [3.05, 3.63) is 60.8 Å². The number of carboxylic acids is 1. The lowest BCUT2D eigenvalue weighted by atomic mass is 10.0. The van der Waals surface area contributed by atoms with Crippen LogP contribution in [-0.2, 0) is 32.7 Å². The van der Waals surface area contributed by atoms with Crippen LogP contribution in [0, 0.1) is 0 Å². The number of hydrogen-bond acceptors (Lipinski definition) is 8. The first-order chi connectivity index (χ1) is 31.1. The minimum Gasteiger partial charge on any atom is -0.480 e. The summed E-state index contributed by atoms with van der Waals surface area (Å²) in [6.45, 7) is 2.53. The van der Waals surface area contributed by atoms with Crippen molar-refractivity contribution in [2.75, 3.05) is 19.8 Å². The quantitative estimate of drug-likeness (QED) is 0.0199. The standard InChI is InChI=1S/C52H92NO10P/c1-3-5-7-9-11-13-15-17-19-21-22-23-24-25-26-28-29-31-33-35-37-39-41-43-50(55)53-49(52(57)58)47-63-64(59,60)62-46-48(54)45-61-51(56)44-42-40-38-36-34-32-30-27-20-18-16-14-12-10-8-6-4-2/h12,14,17-20,30,32,36,38,48-49,54H,3-11,13,15-16,21-29,31,33-35,37,39-47H2,1-2H3,(H,53,55)(H,57,58)(H,59,60)/b14-12-,19-17+,20-18-,32-30-,38-36-. The summed E-state index contributed by atoms with van der Waals surface area (Å²) < 4.78 is 26.9. The number of unbranched alkanes of at least 4 members (excludes halogenated alkanes) is 23. The molecule has 11 nitrogen and oxygen atoms in total. The highest BCUT2D eigenvalue weighted by Gasteiger charge is 2.28. The van der Waals surface area contributed by atoms with E-state index >= 15 is 0 Å². The fourth-order valence-corrected chi connectivity index (χ4v) is 7.60. The van der Waals surface area contributed by atoms with E-state index in [1.54, 1.807) is 0 Å². The first-order valence-electron chi connectivity index (χ1n) is 25.3. The van der Waals surface area contributed by atoms with Gasteiger partial charge in [0.1, 0.15) is 12.7 Å². The molecule has 0 bridgehead atoms. The summed E-state index contributed by atoms with van der Waals surface area (Å²) >= 11 is 0. The van der Waals surface area contributed by atoms with Crippen LogP contribution >= 0.6 is 7.82 Å². The molecule has 4 N–H and O–H groups in total. The topological polar surface area (TPSA) is 169 Å². The number of ether oxygens (including phenoxy) is 1. The normalized spacial score (nSPS) is 14.1. The van der Waals surface area contributed by atoms with Gasteiger partial charge >= 0.3 is 19.8 Å². The van der Waals surface area contributed by atoms with E-state index in [9.17, 15) is 34.1 Å². The number of aliphatic carboxylic acids is 1. The molecule has 12 heteroatoms. The second kappa shape index (κ2) is 46.7. The van der Waals surface area contributed by atoms with Crippen LogP contribution in [0.4, 0.5) is 0 Å². The van der Waals surface area contributed by atoms with Crippen LogP contribution in [0.25, 0.3) is 0 Å². The smallest absolute Gasteiger partial charge is 0.472 e. The Labute approximate surface area is 389 Å². The Morgan fingerprint density at radius 1 is 0.500 bits per heavy atom. The summed E-state index contributed by atoms with van der Waals surface area (Å²) in [4.78, 5) is 46.1. The fourth-order valence-electron chi connectivity index (χ4n) is 6.83. The van der Waals surface area contributed by atoms with Gasteiger partial charge in [-0.1, -0.05) is 190 Å². The lowest BCUT2D eigenvalue weighted by Gasteiger charge is -2.18. The largest absolute Gasteiger partial charge is 0.480 e. The number of aliphatic hydroxyl groups is 1. The number of esters is 1. The van der Waals surface area contributed by atoms with E-state index in [0.29, 0.717) is 19.3 Å². The van der Waals surface area contributed by atoms with Gasteiger partial charge in [0.05, 0.1) is 13.2 Å². The van der Waals surface area contributed by atoms with Crippen LogP contribution in [0.2, 0.25) is 0 Å². The minimum absolute atomic E-state index is 0.141. The highest BCUT2D eigenvalue weighted by atomic mass is 31.2. The first kappa shape index (κ1) is 61.2. The van der Waals surface area contributed by atoms with E-state index < -0.39 is 57.6 Å². The Bertz CT molecular complexity index is 1310. The molecule has 0 aliphatic rings. The van der Waals surface area contributed by atoms with Gasteiger partial charge in [-0.25, -0.2) is 9.36 Å². The molecule has 0 aromatic carbocycles. The van der Waals surface area contributed by atoms with Crippen LogP contribution in [0.15, 0.2) is 60.8 Å². The number of allylic oxidation sites excluding steroid dienone is 10. The lowest BCUT2D eigenvalue weighted by molar-refractivity contribution is -0.147. The molecule has 0 saturated carbocycles. The number of carbonyl (C=O) groups is 3. The molecule has 0 heterocycles. The number of rotatable bonds is 47. The lowest BCUT2D eigenvalue weighted by Crippen LogP contribution is -2.43. The Balaban J connectivity index is 3.88. The average molecular weight is 922 g/mol. The molecular formula is C52H92NO10P. The van der Waals surface area contributed by atoms with E-state index in [4.69, 9.17) is 13.8 Å². The highest BCUT2D eigenvalue weighted by molar-refractivity contribution is 7.47. The van der Waals surface area contributed by atoms with Crippen molar-refractivity contribution in [3.63, 3.8) is 0 Å². The van der Waals surface area contributed by atoms with Gasteiger partial charge in [0.25, 0.3) is 0 Å². The maximum Gasteiger partial charge on any atom is 0.472 e. The fraction of sp³-hybridized carbons (Fsp3) is 0.750. The molecule has 1 amide bonds. The second-order valence-corrected chi connectivity index (χ2v) is 18.5. The molecule has 64 heavy (non-hydrogen) atoms. The third-order valence-electron chi connectivity index (χ3n) is 10.8. The zero-order valence-corrected chi connectivity index (χ0v) is 41.2. The van der Waals surface area contributed by atoms with Crippen molar-refractivity contribution in [1.29, 1.82) is 0 Å². The van der Waals surface area contributed by atoms with Crippen molar-refractivity contribution in [3.8, 4) is 0 Å². The maximum atomic E-state index is 12.4. The van der Waals surface area contributed by atoms with Crippen molar-refractivity contribution in [2.24, 2.45) is 0 Å². The molecule has 3 unspecified atom stereocenters. The Kier molecular flexibility index (Phi) is 44.6. The van der Waals surface area contributed by atoms with Gasteiger partial charge in [0.2, 0.25) is 5.91 Å². The van der Waals surface area contributed by atoms with Crippen molar-refractivity contribution in [2.45, 2.75) is 231 Å². The Morgan fingerprint density at radius 2 is 0.875 bits per heavy atom. The van der Waals surface area contributed by atoms with Crippen molar-refractivity contribution in [1.82, 2.24) is 5.32 Å². The molecule has 0 fully saturated rings. The molecule has 370 valence electrons. The van der Waals surface area contributed by atoms with Gasteiger partial charge in [0, 0.05) is 12.8 Å². The van der Waals surface area contributed by atoms with Gasteiger partial charge in [-0.2, -0.15) is 0 Å². The van der Waals surface area contributed by atoms with Crippen molar-refractivity contribution < 1.29 is 47.8 Å². The summed E-state index contributed by atoms with van der Waals surface area (Å²) in [5.41, 5.74) is 0. The van der Waals surface area contributed by atoms with Gasteiger partial charge < -0.3 is 25.2 Å². The summed E-state index contributed by atoms with van der Waals surface area (Å²) in [7, 11) is -4.77. The molecule has 0 rings (SSSR count). The number of nitrogens with one attached hydrogen (secondary N) is 1. The average Bonchev–Trinajstić information content (AvgIpc) is 3.27. The third kappa shape index (κ3) is 45.7. The zero-order valence-electron chi connectivity index (χ0n) is 40.3. The third-order valence-corrected chi connectivity index (χ3v) is 11.7. The molecule has 0 aromatic heterocycles. The van der Waals surface area contributed by atoms with Crippen LogP contribution < -0.4 is 5.32 Å². The van der Waals surface area contributed by atoms with Crippen LogP contribution in [0.3, 0.4) is 0 Å². The molecule has 3 atom stereocenters. The van der Waals surface area contributed by atoms with E-state index in [0.717, 1.165) is 44.9 Å².